The van der Waals surface area contributed by atoms with E-state index in [-0.39, 0.29) is 5.92 Å². The van der Waals surface area contributed by atoms with Gasteiger partial charge in [-0.3, -0.25) is 0 Å². The van der Waals surface area contributed by atoms with E-state index in [1.165, 1.54) is 0 Å². The van der Waals surface area contributed by atoms with Gasteiger partial charge in [0, 0.05) is 16.5 Å². The first-order chi connectivity index (χ1) is 8.97. The molecule has 2 rings (SSSR count). The quantitative estimate of drug-likeness (QED) is 0.747. The monoisotopic (exact) mass is 296 g/mol. The Hall–Kier alpha value is -1.32. The van der Waals surface area contributed by atoms with E-state index in [1.54, 1.807) is 12.1 Å². The lowest BCUT2D eigenvalue weighted by Crippen LogP contribution is -2.02. The van der Waals surface area contributed by atoms with Crippen LogP contribution in [0.1, 0.15) is 31.2 Å². The largest absolute Gasteiger partial charge is 0.439 e. The molecule has 2 aromatic rings. The summed E-state index contributed by atoms with van der Waals surface area (Å²) in [6, 6.07) is 7.15. The van der Waals surface area contributed by atoms with Crippen molar-refractivity contribution in [1.82, 2.24) is 9.97 Å². The molecule has 5 heteroatoms. The second-order valence-corrected chi connectivity index (χ2v) is 5.31. The van der Waals surface area contributed by atoms with Crippen molar-refractivity contribution in [2.24, 2.45) is 0 Å². The molecular formula is C14H14Cl2N2O. The van der Waals surface area contributed by atoms with Crippen LogP contribution < -0.4 is 4.74 Å². The van der Waals surface area contributed by atoms with E-state index < -0.39 is 0 Å². The SMILES string of the molecule is Cc1c(Cl)nc(C(C)C)nc1Oc1cccc(Cl)c1. The lowest BCUT2D eigenvalue weighted by molar-refractivity contribution is 0.452. The van der Waals surface area contributed by atoms with Gasteiger partial charge in [0.25, 0.3) is 0 Å². The van der Waals surface area contributed by atoms with Crippen LogP contribution in [0.25, 0.3) is 0 Å². The predicted octanol–water partition coefficient (Wildman–Crippen LogP) is 5.01. The molecule has 0 saturated carbocycles. The van der Waals surface area contributed by atoms with Crippen molar-refractivity contribution in [1.29, 1.82) is 0 Å². The summed E-state index contributed by atoms with van der Waals surface area (Å²) in [6.45, 7) is 5.83. The van der Waals surface area contributed by atoms with Crippen molar-refractivity contribution in [3.05, 3.63) is 45.8 Å². The lowest BCUT2D eigenvalue weighted by atomic mass is 10.2. The minimum atomic E-state index is 0.180. The third-order valence-electron chi connectivity index (χ3n) is 2.59. The Morgan fingerprint density at radius 1 is 1.16 bits per heavy atom. The number of benzene rings is 1. The molecule has 3 nitrogen and oxygen atoms in total. The Kier molecular flexibility index (Phi) is 4.27. The highest BCUT2D eigenvalue weighted by atomic mass is 35.5. The smallest absolute Gasteiger partial charge is 0.226 e. The zero-order valence-corrected chi connectivity index (χ0v) is 12.5. The number of nitrogens with zero attached hydrogens (tertiary/aromatic N) is 2. The van der Waals surface area contributed by atoms with E-state index in [0.717, 1.165) is 0 Å². The molecule has 0 bridgehead atoms. The van der Waals surface area contributed by atoms with Crippen LogP contribution in [0.3, 0.4) is 0 Å². The fraction of sp³-hybridized carbons (Fsp3) is 0.286. The fourth-order valence-electron chi connectivity index (χ4n) is 1.49. The molecule has 0 aliphatic heterocycles. The topological polar surface area (TPSA) is 35.0 Å². The Morgan fingerprint density at radius 3 is 2.53 bits per heavy atom. The van der Waals surface area contributed by atoms with Crippen LogP contribution >= 0.6 is 23.2 Å². The first-order valence-electron chi connectivity index (χ1n) is 5.95. The second-order valence-electron chi connectivity index (χ2n) is 4.52. The predicted molar refractivity (Wildman–Crippen MR) is 77.4 cm³/mol. The van der Waals surface area contributed by atoms with E-state index >= 15 is 0 Å². The minimum absolute atomic E-state index is 0.180. The highest BCUT2D eigenvalue weighted by Crippen LogP contribution is 2.29. The van der Waals surface area contributed by atoms with Gasteiger partial charge in [-0.1, -0.05) is 43.1 Å². The van der Waals surface area contributed by atoms with Crippen molar-refractivity contribution in [2.75, 3.05) is 0 Å². The molecule has 0 radical (unpaired) electrons. The van der Waals surface area contributed by atoms with Gasteiger partial charge in [0.2, 0.25) is 5.88 Å². The van der Waals surface area contributed by atoms with Gasteiger partial charge in [0.05, 0.1) is 0 Å². The van der Waals surface area contributed by atoms with Crippen molar-refractivity contribution in [3.8, 4) is 11.6 Å². The maximum atomic E-state index is 6.10. The van der Waals surface area contributed by atoms with Crippen LogP contribution in [0.4, 0.5) is 0 Å². The zero-order valence-electron chi connectivity index (χ0n) is 10.9. The third-order valence-corrected chi connectivity index (χ3v) is 3.19. The summed E-state index contributed by atoms with van der Waals surface area (Å²) in [4.78, 5) is 8.64. The summed E-state index contributed by atoms with van der Waals surface area (Å²) in [5, 5.41) is 1.02. The van der Waals surface area contributed by atoms with Gasteiger partial charge in [0.1, 0.15) is 16.7 Å². The average Bonchev–Trinajstić information content (AvgIpc) is 2.34. The van der Waals surface area contributed by atoms with Crippen molar-refractivity contribution < 1.29 is 4.74 Å². The molecule has 0 N–H and O–H groups in total. The molecule has 0 unspecified atom stereocenters. The molecular weight excluding hydrogens is 283 g/mol. The van der Waals surface area contributed by atoms with Crippen molar-refractivity contribution in [3.63, 3.8) is 0 Å². The Labute approximate surface area is 122 Å². The number of halogens is 2. The van der Waals surface area contributed by atoms with Crippen LogP contribution in [-0.2, 0) is 0 Å². The van der Waals surface area contributed by atoms with Gasteiger partial charge in [-0.25, -0.2) is 4.98 Å². The molecule has 19 heavy (non-hydrogen) atoms. The van der Waals surface area contributed by atoms with Crippen LogP contribution in [0.15, 0.2) is 24.3 Å². The van der Waals surface area contributed by atoms with E-state index in [0.29, 0.717) is 33.2 Å². The second kappa shape index (κ2) is 5.76. The molecule has 0 atom stereocenters. The van der Waals surface area contributed by atoms with Crippen molar-refractivity contribution in [2.45, 2.75) is 26.7 Å². The first kappa shape index (κ1) is 14.1. The summed E-state index contributed by atoms with van der Waals surface area (Å²) in [5.41, 5.74) is 0.714. The lowest BCUT2D eigenvalue weighted by Gasteiger charge is -2.12. The molecule has 0 saturated heterocycles. The Morgan fingerprint density at radius 2 is 1.89 bits per heavy atom. The highest BCUT2D eigenvalue weighted by Gasteiger charge is 2.13. The van der Waals surface area contributed by atoms with Crippen molar-refractivity contribution >= 4 is 23.2 Å². The molecule has 100 valence electrons. The van der Waals surface area contributed by atoms with Crippen LogP contribution in [0.2, 0.25) is 10.2 Å². The maximum Gasteiger partial charge on any atom is 0.226 e. The molecule has 0 fully saturated rings. The molecule has 0 aliphatic rings. The molecule has 0 amide bonds. The molecule has 0 aliphatic carbocycles. The standard InChI is InChI=1S/C14H14Cl2N2O/c1-8(2)13-17-12(16)9(3)14(18-13)19-11-6-4-5-10(15)7-11/h4-8H,1-3H3. The van der Waals surface area contributed by atoms with Gasteiger partial charge in [-0.05, 0) is 25.1 Å². The maximum absolute atomic E-state index is 6.10. The normalized spacial score (nSPS) is 10.8. The van der Waals surface area contributed by atoms with E-state index in [1.807, 2.05) is 32.9 Å². The third kappa shape index (κ3) is 3.37. The number of rotatable bonds is 3. The minimum Gasteiger partial charge on any atom is -0.439 e. The van der Waals surface area contributed by atoms with Crippen LogP contribution in [0.5, 0.6) is 11.6 Å². The van der Waals surface area contributed by atoms with Gasteiger partial charge in [-0.15, -0.1) is 0 Å². The van der Waals surface area contributed by atoms with Gasteiger partial charge >= 0.3 is 0 Å². The van der Waals surface area contributed by atoms with Crippen LogP contribution in [-0.4, -0.2) is 9.97 Å². The molecule has 1 aromatic heterocycles. The summed E-state index contributed by atoms with van der Waals surface area (Å²) in [6.07, 6.45) is 0. The average molecular weight is 297 g/mol. The first-order valence-corrected chi connectivity index (χ1v) is 6.70. The number of aromatic nitrogens is 2. The Balaban J connectivity index is 2.39. The molecule has 1 aromatic carbocycles. The summed E-state index contributed by atoms with van der Waals surface area (Å²) in [7, 11) is 0. The van der Waals surface area contributed by atoms with Crippen LogP contribution in [0, 0.1) is 6.92 Å². The Bertz CT molecular complexity index is 600. The summed E-state index contributed by atoms with van der Waals surface area (Å²) < 4.78 is 5.74. The summed E-state index contributed by atoms with van der Waals surface area (Å²) in [5.74, 6) is 1.93. The van der Waals surface area contributed by atoms with Gasteiger partial charge in [-0.2, -0.15) is 4.98 Å². The molecule has 0 spiro atoms. The highest BCUT2D eigenvalue weighted by molar-refractivity contribution is 6.30. The van der Waals surface area contributed by atoms with E-state index in [4.69, 9.17) is 27.9 Å². The summed E-state index contributed by atoms with van der Waals surface area (Å²) >= 11 is 12.0. The van der Waals surface area contributed by atoms with Gasteiger partial charge < -0.3 is 4.74 Å². The van der Waals surface area contributed by atoms with E-state index in [2.05, 4.69) is 9.97 Å². The van der Waals surface area contributed by atoms with Gasteiger partial charge in [0.15, 0.2) is 0 Å². The number of ether oxygens (including phenoxy) is 1. The number of hydrogen-bond donors (Lipinski definition) is 0. The van der Waals surface area contributed by atoms with E-state index in [9.17, 15) is 0 Å². The number of hydrogen-bond acceptors (Lipinski definition) is 3. The molecule has 1 heterocycles. The zero-order chi connectivity index (χ0) is 14.0. The fourth-order valence-corrected chi connectivity index (χ4v) is 1.83.